The summed E-state index contributed by atoms with van der Waals surface area (Å²) in [7, 11) is 0. The lowest BCUT2D eigenvalue weighted by Gasteiger charge is -2.25. The van der Waals surface area contributed by atoms with Crippen LogP contribution in [0, 0.1) is 22.7 Å². The van der Waals surface area contributed by atoms with Crippen molar-refractivity contribution in [1.29, 1.82) is 10.5 Å². The molecule has 0 radical (unpaired) electrons. The second-order valence-electron chi connectivity index (χ2n) is 9.94. The van der Waals surface area contributed by atoms with Gasteiger partial charge in [-0.1, -0.05) is 54.6 Å². The van der Waals surface area contributed by atoms with Crippen molar-refractivity contribution in [3.8, 4) is 22.6 Å². The Balaban J connectivity index is 1.11. The third kappa shape index (κ3) is 5.08. The van der Waals surface area contributed by atoms with Crippen molar-refractivity contribution in [2.24, 2.45) is 0 Å². The highest BCUT2D eigenvalue weighted by atomic mass is 32.2. The van der Waals surface area contributed by atoms with E-state index in [2.05, 4.69) is 53.9 Å². The molecule has 4 aromatic rings. The van der Waals surface area contributed by atoms with Gasteiger partial charge in [0.2, 0.25) is 5.91 Å². The van der Waals surface area contributed by atoms with Crippen LogP contribution in [0.25, 0.3) is 10.4 Å². The van der Waals surface area contributed by atoms with E-state index in [-0.39, 0.29) is 12.3 Å². The normalized spacial score (nSPS) is 15.3. The summed E-state index contributed by atoms with van der Waals surface area (Å²) in [6.07, 6.45) is 4.81. The van der Waals surface area contributed by atoms with E-state index >= 15 is 0 Å². The maximum Gasteiger partial charge on any atom is 0.225 e. The third-order valence-corrected chi connectivity index (χ3v) is 9.76. The molecule has 2 aromatic carbocycles. The molecule has 6 rings (SSSR count). The zero-order valence-corrected chi connectivity index (χ0v) is 23.0. The van der Waals surface area contributed by atoms with Gasteiger partial charge in [0.1, 0.15) is 22.2 Å². The minimum atomic E-state index is -0.131. The van der Waals surface area contributed by atoms with Gasteiger partial charge >= 0.3 is 0 Å². The van der Waals surface area contributed by atoms with E-state index < -0.39 is 0 Å². The minimum Gasteiger partial charge on any atom is -0.317 e. The van der Waals surface area contributed by atoms with Crippen LogP contribution in [0.4, 0.5) is 5.00 Å². The van der Waals surface area contributed by atoms with Crippen molar-refractivity contribution in [1.82, 2.24) is 4.98 Å². The lowest BCUT2D eigenvalue weighted by atomic mass is 9.82. The highest BCUT2D eigenvalue weighted by Crippen LogP contribution is 2.45. The molecule has 0 bridgehead atoms. The van der Waals surface area contributed by atoms with Gasteiger partial charge in [-0.05, 0) is 71.9 Å². The summed E-state index contributed by atoms with van der Waals surface area (Å²) in [6, 6.07) is 25.4. The molecule has 5 nitrogen and oxygen atoms in total. The summed E-state index contributed by atoms with van der Waals surface area (Å²) >= 11 is 2.94. The molecule has 1 atom stereocenters. The second-order valence-corrected chi connectivity index (χ2v) is 12.0. The molecule has 2 aliphatic rings. The number of nitrogens with zero attached hydrogens (tertiary/aromatic N) is 3. The van der Waals surface area contributed by atoms with Crippen LogP contribution in [-0.2, 0) is 30.5 Å². The number of carbonyl (C=O) groups excluding carboxylic acids is 1. The SMILES string of the molecule is N#Cc1cc2c(nc1SCCC(=O)Nc1sc3c(c1C#N)CCc1ccccc1-3)CCC(c1ccccc1)C2. The topological polar surface area (TPSA) is 89.6 Å². The molecular weight excluding hydrogens is 521 g/mol. The van der Waals surface area contributed by atoms with E-state index in [1.165, 1.54) is 34.2 Å². The van der Waals surface area contributed by atoms with Crippen LogP contribution in [0.2, 0.25) is 0 Å². The molecule has 1 unspecified atom stereocenters. The van der Waals surface area contributed by atoms with Crippen LogP contribution in [-0.4, -0.2) is 16.6 Å². The molecule has 0 saturated heterocycles. The number of rotatable bonds is 6. The molecule has 39 heavy (non-hydrogen) atoms. The van der Waals surface area contributed by atoms with Crippen molar-refractivity contribution in [2.75, 3.05) is 11.1 Å². The van der Waals surface area contributed by atoms with E-state index in [9.17, 15) is 15.3 Å². The predicted molar refractivity (Wildman–Crippen MR) is 156 cm³/mol. The fourth-order valence-corrected chi connectivity index (χ4v) is 7.81. The molecule has 192 valence electrons. The number of nitrogens with one attached hydrogen (secondary N) is 1. The monoisotopic (exact) mass is 546 g/mol. The number of fused-ring (bicyclic) bond motifs is 4. The Morgan fingerprint density at radius 1 is 1.03 bits per heavy atom. The van der Waals surface area contributed by atoms with Crippen molar-refractivity contribution in [3.05, 3.63) is 99.7 Å². The molecule has 0 aliphatic heterocycles. The molecule has 1 N–H and O–H groups in total. The number of hydrogen-bond acceptors (Lipinski definition) is 6. The average Bonchev–Trinajstić information content (AvgIpc) is 3.34. The van der Waals surface area contributed by atoms with E-state index in [1.807, 2.05) is 24.3 Å². The summed E-state index contributed by atoms with van der Waals surface area (Å²) < 4.78 is 0. The Morgan fingerprint density at radius 2 is 1.85 bits per heavy atom. The van der Waals surface area contributed by atoms with Crippen molar-refractivity contribution < 1.29 is 4.79 Å². The molecule has 0 spiro atoms. The van der Waals surface area contributed by atoms with Crippen molar-refractivity contribution >= 4 is 34.0 Å². The number of aryl methyl sites for hydroxylation is 2. The first-order chi connectivity index (χ1) is 19.1. The van der Waals surface area contributed by atoms with Gasteiger partial charge in [0, 0.05) is 22.7 Å². The van der Waals surface area contributed by atoms with Gasteiger partial charge in [0.25, 0.3) is 0 Å². The predicted octanol–water partition coefficient (Wildman–Crippen LogP) is 7.05. The van der Waals surface area contributed by atoms with Gasteiger partial charge in [-0.3, -0.25) is 4.79 Å². The van der Waals surface area contributed by atoms with Gasteiger partial charge < -0.3 is 5.32 Å². The zero-order valence-electron chi connectivity index (χ0n) is 21.4. The number of hydrogen-bond donors (Lipinski definition) is 1. The van der Waals surface area contributed by atoms with E-state index in [1.54, 1.807) is 0 Å². The number of amides is 1. The summed E-state index contributed by atoms with van der Waals surface area (Å²) in [5, 5.41) is 24.0. The number of nitriles is 2. The fourth-order valence-electron chi connectivity index (χ4n) is 5.62. The number of benzene rings is 2. The van der Waals surface area contributed by atoms with Gasteiger partial charge in [0.05, 0.1) is 11.1 Å². The average molecular weight is 547 g/mol. The molecule has 7 heteroatoms. The van der Waals surface area contributed by atoms with Crippen LogP contribution in [0.15, 0.2) is 65.7 Å². The Bertz CT molecular complexity index is 1650. The van der Waals surface area contributed by atoms with Crippen LogP contribution in [0.1, 0.15) is 57.8 Å². The molecule has 2 aromatic heterocycles. The Hall–Kier alpha value is -3.91. The quantitative estimate of drug-likeness (QED) is 0.262. The first kappa shape index (κ1) is 25.4. The Labute approximate surface area is 236 Å². The standard InChI is InChI=1S/C32H26N4OS2/c33-18-24-17-23-16-22(20-6-2-1-3-7-20)11-13-28(23)35-31(24)38-15-14-29(37)36-32-27(19-34)26-12-10-21-8-4-5-9-25(21)30(26)39-32/h1-9,17,22H,10-16H2,(H,36,37). The van der Waals surface area contributed by atoms with E-state index in [0.29, 0.717) is 32.8 Å². The van der Waals surface area contributed by atoms with Crippen LogP contribution in [0.5, 0.6) is 0 Å². The fraction of sp³-hybridized carbons (Fsp3) is 0.250. The van der Waals surface area contributed by atoms with E-state index in [4.69, 9.17) is 4.98 Å². The first-order valence-corrected chi connectivity index (χ1v) is 15.0. The van der Waals surface area contributed by atoms with Gasteiger partial charge in [-0.15, -0.1) is 23.1 Å². The molecule has 0 fully saturated rings. The molecule has 2 aliphatic carbocycles. The maximum atomic E-state index is 12.9. The summed E-state index contributed by atoms with van der Waals surface area (Å²) in [4.78, 5) is 18.8. The van der Waals surface area contributed by atoms with Crippen molar-refractivity contribution in [2.45, 2.75) is 49.5 Å². The van der Waals surface area contributed by atoms with Crippen molar-refractivity contribution in [3.63, 3.8) is 0 Å². The summed E-state index contributed by atoms with van der Waals surface area (Å²) in [5.41, 5.74) is 8.20. The first-order valence-electron chi connectivity index (χ1n) is 13.2. The Kier molecular flexibility index (Phi) is 7.20. The maximum absolute atomic E-state index is 12.9. The molecule has 1 amide bonds. The largest absolute Gasteiger partial charge is 0.317 e. The number of pyridine rings is 1. The highest BCUT2D eigenvalue weighted by molar-refractivity contribution is 7.99. The molecule has 2 heterocycles. The molecular formula is C32H26N4OS2. The summed E-state index contributed by atoms with van der Waals surface area (Å²) in [6.45, 7) is 0. The number of thioether (sulfide) groups is 1. The minimum absolute atomic E-state index is 0.131. The summed E-state index contributed by atoms with van der Waals surface area (Å²) in [5.74, 6) is 0.825. The van der Waals surface area contributed by atoms with Gasteiger partial charge in [0.15, 0.2) is 0 Å². The number of anilines is 1. The third-order valence-electron chi connectivity index (χ3n) is 7.59. The lowest BCUT2D eigenvalue weighted by molar-refractivity contribution is -0.115. The number of carbonyl (C=O) groups is 1. The van der Waals surface area contributed by atoms with Crippen LogP contribution >= 0.6 is 23.1 Å². The smallest absolute Gasteiger partial charge is 0.225 e. The highest BCUT2D eigenvalue weighted by Gasteiger charge is 2.26. The second kappa shape index (κ2) is 11.1. The Morgan fingerprint density at radius 3 is 2.67 bits per heavy atom. The van der Waals surface area contributed by atoms with E-state index in [0.717, 1.165) is 59.4 Å². The van der Waals surface area contributed by atoms with Gasteiger partial charge in [-0.25, -0.2) is 4.98 Å². The number of thiophene rings is 1. The lowest BCUT2D eigenvalue weighted by Crippen LogP contribution is -2.15. The number of aromatic nitrogens is 1. The van der Waals surface area contributed by atoms with Crippen LogP contribution < -0.4 is 5.32 Å². The van der Waals surface area contributed by atoms with Crippen LogP contribution in [0.3, 0.4) is 0 Å². The molecule has 0 saturated carbocycles. The zero-order chi connectivity index (χ0) is 26.8. The van der Waals surface area contributed by atoms with Gasteiger partial charge in [-0.2, -0.15) is 10.5 Å².